The van der Waals surface area contributed by atoms with Gasteiger partial charge in [-0.3, -0.25) is 4.79 Å². The molecular weight excluding hydrogens is 301 g/mol. The predicted molar refractivity (Wildman–Crippen MR) is 86.9 cm³/mol. The molecule has 3 nitrogen and oxygen atoms in total. The molecule has 0 aliphatic rings. The van der Waals surface area contributed by atoms with E-state index in [4.69, 9.17) is 4.74 Å². The van der Waals surface area contributed by atoms with Crippen molar-refractivity contribution < 1.29 is 13.9 Å². The van der Waals surface area contributed by atoms with Gasteiger partial charge in [-0.2, -0.15) is 0 Å². The highest BCUT2D eigenvalue weighted by Gasteiger charge is 2.28. The Kier molecular flexibility index (Phi) is 5.19. The maximum atomic E-state index is 13.6. The lowest BCUT2D eigenvalue weighted by Crippen LogP contribution is -2.47. The quantitative estimate of drug-likeness (QED) is 0.900. The van der Waals surface area contributed by atoms with E-state index in [-0.39, 0.29) is 29.7 Å². The van der Waals surface area contributed by atoms with Crippen molar-refractivity contribution in [3.8, 4) is 5.75 Å². The molecule has 1 N–H and O–H groups in total. The van der Waals surface area contributed by atoms with Crippen molar-refractivity contribution in [1.82, 2.24) is 5.32 Å². The number of hydrogen-bond donors (Lipinski definition) is 1. The smallest absolute Gasteiger partial charge is 0.261 e. The lowest BCUT2D eigenvalue weighted by atomic mass is 9.87. The summed E-state index contributed by atoms with van der Waals surface area (Å²) < 4.78 is 19.2. The first-order valence-electron chi connectivity index (χ1n) is 7.09. The van der Waals surface area contributed by atoms with Gasteiger partial charge in [-0.25, -0.2) is 4.39 Å². The normalized spacial score (nSPS) is 12.7. The zero-order chi connectivity index (χ0) is 16.2. The molecule has 1 aromatic heterocycles. The van der Waals surface area contributed by atoms with Crippen LogP contribution in [0, 0.1) is 11.2 Å². The van der Waals surface area contributed by atoms with Gasteiger partial charge in [0.05, 0.1) is 10.9 Å². The van der Waals surface area contributed by atoms with Gasteiger partial charge in [-0.05, 0) is 29.0 Å². The largest absolute Gasteiger partial charge is 0.488 e. The molecule has 0 spiro atoms. The number of thiophene rings is 1. The van der Waals surface area contributed by atoms with Crippen LogP contribution >= 0.6 is 11.3 Å². The van der Waals surface area contributed by atoms with Gasteiger partial charge in [0.2, 0.25) is 0 Å². The second kappa shape index (κ2) is 6.92. The summed E-state index contributed by atoms with van der Waals surface area (Å²) in [5, 5.41) is 4.83. The number of ether oxygens (including phenoxy) is 1. The van der Waals surface area contributed by atoms with Gasteiger partial charge >= 0.3 is 0 Å². The van der Waals surface area contributed by atoms with E-state index < -0.39 is 5.82 Å². The van der Waals surface area contributed by atoms with Crippen LogP contribution in [0.4, 0.5) is 4.39 Å². The van der Waals surface area contributed by atoms with Crippen LogP contribution in [-0.2, 0) is 0 Å². The number of amides is 1. The summed E-state index contributed by atoms with van der Waals surface area (Å²) >= 11 is 1.39. The summed E-state index contributed by atoms with van der Waals surface area (Å²) in [5.74, 6) is -0.339. The van der Waals surface area contributed by atoms with Crippen LogP contribution in [0.2, 0.25) is 0 Å². The lowest BCUT2D eigenvalue weighted by Gasteiger charge is -2.31. The minimum atomic E-state index is -0.403. The zero-order valence-electron chi connectivity index (χ0n) is 12.9. The van der Waals surface area contributed by atoms with E-state index in [1.54, 1.807) is 24.3 Å². The highest BCUT2D eigenvalue weighted by Crippen LogP contribution is 2.23. The number of benzene rings is 1. The molecule has 0 bridgehead atoms. The molecule has 2 aromatic rings. The predicted octanol–water partition coefficient (Wildman–Crippen LogP) is 4.11. The highest BCUT2D eigenvalue weighted by molar-refractivity contribution is 7.12. The van der Waals surface area contributed by atoms with E-state index in [1.807, 2.05) is 32.2 Å². The molecule has 0 saturated carbocycles. The average Bonchev–Trinajstić information content (AvgIpc) is 2.97. The van der Waals surface area contributed by atoms with Gasteiger partial charge in [-0.1, -0.05) is 39.0 Å². The maximum Gasteiger partial charge on any atom is 0.261 e. The number of carbonyl (C=O) groups is 1. The molecule has 22 heavy (non-hydrogen) atoms. The Hall–Kier alpha value is -1.88. The second-order valence-electron chi connectivity index (χ2n) is 6.11. The molecular formula is C17H20FNO2S. The Balaban J connectivity index is 2.04. The summed E-state index contributed by atoms with van der Waals surface area (Å²) in [6.45, 7) is 6.24. The van der Waals surface area contributed by atoms with Gasteiger partial charge in [-0.15, -0.1) is 11.3 Å². The third-order valence-corrected chi connectivity index (χ3v) is 4.21. The average molecular weight is 321 g/mol. The molecule has 5 heteroatoms. The summed E-state index contributed by atoms with van der Waals surface area (Å²) in [6.07, 6.45) is 0. The number of para-hydroxylation sites is 1. The van der Waals surface area contributed by atoms with Gasteiger partial charge in [0, 0.05) is 0 Å². The van der Waals surface area contributed by atoms with Crippen molar-refractivity contribution in [2.45, 2.75) is 26.8 Å². The van der Waals surface area contributed by atoms with Crippen molar-refractivity contribution in [2.24, 2.45) is 5.41 Å². The van der Waals surface area contributed by atoms with Crippen molar-refractivity contribution in [1.29, 1.82) is 0 Å². The van der Waals surface area contributed by atoms with Gasteiger partial charge in [0.25, 0.3) is 5.91 Å². The molecule has 118 valence electrons. The Morgan fingerprint density at radius 2 is 2.00 bits per heavy atom. The van der Waals surface area contributed by atoms with Crippen LogP contribution in [-0.4, -0.2) is 18.6 Å². The van der Waals surface area contributed by atoms with E-state index >= 15 is 0 Å². The van der Waals surface area contributed by atoms with E-state index in [0.717, 1.165) is 0 Å². The maximum absolute atomic E-state index is 13.6. The van der Waals surface area contributed by atoms with Crippen molar-refractivity contribution >= 4 is 17.2 Å². The first kappa shape index (κ1) is 16.5. The van der Waals surface area contributed by atoms with Crippen LogP contribution in [0.1, 0.15) is 30.4 Å². The Morgan fingerprint density at radius 1 is 1.27 bits per heavy atom. The molecule has 1 atom stereocenters. The Morgan fingerprint density at radius 3 is 2.59 bits per heavy atom. The molecule has 1 unspecified atom stereocenters. The fraction of sp³-hybridized carbons (Fsp3) is 0.353. The number of hydrogen-bond acceptors (Lipinski definition) is 3. The van der Waals surface area contributed by atoms with Gasteiger partial charge in [0.15, 0.2) is 11.6 Å². The summed E-state index contributed by atoms with van der Waals surface area (Å²) in [7, 11) is 0. The number of nitrogens with one attached hydrogen (secondary N) is 1. The second-order valence-corrected chi connectivity index (χ2v) is 7.06. The van der Waals surface area contributed by atoms with Crippen molar-refractivity contribution in [3.63, 3.8) is 0 Å². The molecule has 0 radical (unpaired) electrons. The van der Waals surface area contributed by atoms with Crippen LogP contribution in [0.25, 0.3) is 0 Å². The SMILES string of the molecule is CC(C)(C)C(COc1ccccc1F)NC(=O)c1cccs1. The van der Waals surface area contributed by atoms with Gasteiger partial charge < -0.3 is 10.1 Å². The van der Waals surface area contributed by atoms with Crippen molar-refractivity contribution in [3.05, 3.63) is 52.5 Å². The zero-order valence-corrected chi connectivity index (χ0v) is 13.7. The topological polar surface area (TPSA) is 38.3 Å². The van der Waals surface area contributed by atoms with Gasteiger partial charge in [0.1, 0.15) is 6.61 Å². The third-order valence-electron chi connectivity index (χ3n) is 3.34. The Labute approximate surface area is 134 Å². The summed E-state index contributed by atoms with van der Waals surface area (Å²) in [4.78, 5) is 12.9. The molecule has 2 rings (SSSR count). The number of rotatable bonds is 5. The highest BCUT2D eigenvalue weighted by atomic mass is 32.1. The monoisotopic (exact) mass is 321 g/mol. The molecule has 1 amide bonds. The summed E-state index contributed by atoms with van der Waals surface area (Å²) in [5.41, 5.74) is -0.210. The number of halogens is 1. The van der Waals surface area contributed by atoms with Crippen LogP contribution in [0.3, 0.4) is 0 Å². The number of carbonyl (C=O) groups excluding carboxylic acids is 1. The van der Waals surface area contributed by atoms with Crippen molar-refractivity contribution in [2.75, 3.05) is 6.61 Å². The molecule has 1 heterocycles. The molecule has 1 aromatic carbocycles. The fourth-order valence-electron chi connectivity index (χ4n) is 1.88. The van der Waals surface area contributed by atoms with Crippen LogP contribution in [0.15, 0.2) is 41.8 Å². The van der Waals surface area contributed by atoms with Crippen LogP contribution < -0.4 is 10.1 Å². The first-order valence-corrected chi connectivity index (χ1v) is 7.97. The standard InChI is InChI=1S/C17H20FNO2S/c1-17(2,3)15(19-16(20)14-9-6-10-22-14)11-21-13-8-5-4-7-12(13)18/h4-10,15H,11H2,1-3H3,(H,19,20). The molecule has 0 aliphatic heterocycles. The van der Waals surface area contributed by atoms with E-state index in [2.05, 4.69) is 5.32 Å². The molecule has 0 fully saturated rings. The molecule has 0 saturated heterocycles. The van der Waals surface area contributed by atoms with E-state index in [0.29, 0.717) is 4.88 Å². The fourth-order valence-corrected chi connectivity index (χ4v) is 2.51. The Bertz CT molecular complexity index is 620. The van der Waals surface area contributed by atoms with Crippen LogP contribution in [0.5, 0.6) is 5.75 Å². The lowest BCUT2D eigenvalue weighted by molar-refractivity contribution is 0.0864. The van der Waals surface area contributed by atoms with E-state index in [9.17, 15) is 9.18 Å². The van der Waals surface area contributed by atoms with E-state index in [1.165, 1.54) is 17.4 Å². The minimum Gasteiger partial charge on any atom is -0.488 e. The molecule has 0 aliphatic carbocycles. The summed E-state index contributed by atoms with van der Waals surface area (Å²) in [6, 6.07) is 9.64. The first-order chi connectivity index (χ1) is 10.4. The third kappa shape index (κ3) is 4.31. The minimum absolute atomic E-state index is 0.132.